The van der Waals surface area contributed by atoms with Gasteiger partial charge in [0.1, 0.15) is 5.69 Å². The van der Waals surface area contributed by atoms with E-state index in [1.807, 2.05) is 19.1 Å². The van der Waals surface area contributed by atoms with Crippen molar-refractivity contribution in [3.63, 3.8) is 0 Å². The van der Waals surface area contributed by atoms with Crippen molar-refractivity contribution >= 4 is 23.0 Å². The lowest BCUT2D eigenvalue weighted by molar-refractivity contribution is 0.0696. The standard InChI is InChI=1S/C15H15N3O2/c1-2-10-11(15(19)20)6-5-9-13(10)17-18-14-8-4-3-7-12(14)16/h3-9H,2,16H2,1H3,(H,19,20). The molecule has 102 valence electrons. The van der Waals surface area contributed by atoms with Crippen LogP contribution in [0.25, 0.3) is 0 Å². The van der Waals surface area contributed by atoms with Crippen molar-refractivity contribution in [2.75, 3.05) is 5.73 Å². The molecule has 0 bridgehead atoms. The number of hydrogen-bond donors (Lipinski definition) is 2. The Morgan fingerprint density at radius 3 is 2.40 bits per heavy atom. The summed E-state index contributed by atoms with van der Waals surface area (Å²) in [7, 11) is 0. The highest BCUT2D eigenvalue weighted by molar-refractivity contribution is 5.91. The number of azo groups is 1. The van der Waals surface area contributed by atoms with Crippen molar-refractivity contribution in [1.29, 1.82) is 0 Å². The van der Waals surface area contributed by atoms with Crippen molar-refractivity contribution in [3.8, 4) is 0 Å². The number of hydrogen-bond acceptors (Lipinski definition) is 4. The fourth-order valence-corrected chi connectivity index (χ4v) is 1.93. The molecule has 0 saturated carbocycles. The van der Waals surface area contributed by atoms with Crippen molar-refractivity contribution in [1.82, 2.24) is 0 Å². The smallest absolute Gasteiger partial charge is 0.336 e. The summed E-state index contributed by atoms with van der Waals surface area (Å²) in [4.78, 5) is 11.2. The van der Waals surface area contributed by atoms with E-state index in [0.29, 0.717) is 29.0 Å². The fourth-order valence-electron chi connectivity index (χ4n) is 1.93. The third-order valence-electron chi connectivity index (χ3n) is 2.94. The maximum atomic E-state index is 11.2. The fraction of sp³-hybridized carbons (Fsp3) is 0.133. The summed E-state index contributed by atoms with van der Waals surface area (Å²) < 4.78 is 0. The molecule has 0 unspecified atom stereocenters. The maximum Gasteiger partial charge on any atom is 0.336 e. The molecule has 0 aliphatic rings. The summed E-state index contributed by atoms with van der Waals surface area (Å²) in [5.74, 6) is -0.960. The zero-order valence-corrected chi connectivity index (χ0v) is 11.1. The van der Waals surface area contributed by atoms with E-state index in [1.54, 1.807) is 30.3 Å². The van der Waals surface area contributed by atoms with Gasteiger partial charge < -0.3 is 10.8 Å². The third-order valence-corrected chi connectivity index (χ3v) is 2.94. The highest BCUT2D eigenvalue weighted by atomic mass is 16.4. The van der Waals surface area contributed by atoms with Gasteiger partial charge in [-0.15, -0.1) is 5.11 Å². The zero-order valence-electron chi connectivity index (χ0n) is 11.1. The summed E-state index contributed by atoms with van der Waals surface area (Å²) in [6, 6.07) is 12.1. The van der Waals surface area contributed by atoms with Gasteiger partial charge >= 0.3 is 5.97 Å². The molecule has 0 aliphatic carbocycles. The van der Waals surface area contributed by atoms with Gasteiger partial charge in [0.25, 0.3) is 0 Å². The molecule has 5 heteroatoms. The van der Waals surface area contributed by atoms with Crippen LogP contribution in [0.5, 0.6) is 0 Å². The third kappa shape index (κ3) is 2.83. The van der Waals surface area contributed by atoms with Gasteiger partial charge in [0.15, 0.2) is 0 Å². The summed E-state index contributed by atoms with van der Waals surface area (Å²) in [5.41, 5.74) is 8.35. The van der Waals surface area contributed by atoms with Crippen LogP contribution in [0.15, 0.2) is 52.7 Å². The number of carboxylic acid groups (broad SMARTS) is 1. The number of rotatable bonds is 4. The monoisotopic (exact) mass is 269 g/mol. The summed E-state index contributed by atoms with van der Waals surface area (Å²) in [6.45, 7) is 1.89. The number of nitrogens with two attached hydrogens (primary N) is 1. The zero-order chi connectivity index (χ0) is 14.5. The normalized spacial score (nSPS) is 10.8. The molecule has 0 saturated heterocycles. The van der Waals surface area contributed by atoms with Gasteiger partial charge in [-0.25, -0.2) is 4.79 Å². The molecule has 0 atom stereocenters. The Bertz CT molecular complexity index is 666. The number of nitrogen functional groups attached to an aromatic ring is 1. The van der Waals surface area contributed by atoms with Gasteiger partial charge in [-0.2, -0.15) is 5.11 Å². The summed E-state index contributed by atoms with van der Waals surface area (Å²) in [6.07, 6.45) is 0.571. The molecule has 0 spiro atoms. The Labute approximate surface area is 116 Å². The lowest BCUT2D eigenvalue weighted by Gasteiger charge is -2.06. The molecular weight excluding hydrogens is 254 g/mol. The predicted molar refractivity (Wildman–Crippen MR) is 77.8 cm³/mol. The minimum absolute atomic E-state index is 0.255. The Balaban J connectivity index is 2.42. The molecule has 3 N–H and O–H groups in total. The number of benzene rings is 2. The Hall–Kier alpha value is -2.69. The molecule has 0 aliphatic heterocycles. The first-order valence-electron chi connectivity index (χ1n) is 6.25. The van der Waals surface area contributed by atoms with Crippen LogP contribution in [-0.4, -0.2) is 11.1 Å². The minimum Gasteiger partial charge on any atom is -0.478 e. The molecular formula is C15H15N3O2. The van der Waals surface area contributed by atoms with Crippen molar-refractivity contribution in [3.05, 3.63) is 53.6 Å². The van der Waals surface area contributed by atoms with Crippen LogP contribution >= 0.6 is 0 Å². The van der Waals surface area contributed by atoms with E-state index in [2.05, 4.69) is 10.2 Å². The molecule has 20 heavy (non-hydrogen) atoms. The van der Waals surface area contributed by atoms with Gasteiger partial charge in [-0.3, -0.25) is 0 Å². The van der Waals surface area contributed by atoms with Crippen molar-refractivity contribution < 1.29 is 9.90 Å². The first-order chi connectivity index (χ1) is 9.63. The average molecular weight is 269 g/mol. The number of para-hydroxylation sites is 1. The number of aromatic carboxylic acids is 1. The molecule has 2 rings (SSSR count). The van der Waals surface area contributed by atoms with Crippen LogP contribution in [0.1, 0.15) is 22.8 Å². The first-order valence-corrected chi connectivity index (χ1v) is 6.25. The van der Waals surface area contributed by atoms with E-state index in [4.69, 9.17) is 10.8 Å². The lowest BCUT2D eigenvalue weighted by Crippen LogP contribution is -2.01. The largest absolute Gasteiger partial charge is 0.478 e. The predicted octanol–water partition coefficient (Wildman–Crippen LogP) is 3.94. The quantitative estimate of drug-likeness (QED) is 0.650. The van der Waals surface area contributed by atoms with E-state index in [9.17, 15) is 4.79 Å². The number of nitrogens with zero attached hydrogens (tertiary/aromatic N) is 2. The van der Waals surface area contributed by atoms with Crippen LogP contribution in [0.4, 0.5) is 17.1 Å². The second-order valence-corrected chi connectivity index (χ2v) is 4.22. The molecule has 2 aromatic carbocycles. The van der Waals surface area contributed by atoms with Crippen molar-refractivity contribution in [2.24, 2.45) is 10.2 Å². The van der Waals surface area contributed by atoms with Crippen LogP contribution in [0, 0.1) is 0 Å². The van der Waals surface area contributed by atoms with Gasteiger partial charge in [-0.05, 0) is 36.2 Å². The van der Waals surface area contributed by atoms with Crippen LogP contribution in [0.3, 0.4) is 0 Å². The minimum atomic E-state index is -0.960. The second kappa shape index (κ2) is 5.97. The van der Waals surface area contributed by atoms with E-state index in [-0.39, 0.29) is 5.56 Å². The number of carbonyl (C=O) groups is 1. The molecule has 0 radical (unpaired) electrons. The number of carboxylic acids is 1. The van der Waals surface area contributed by atoms with E-state index < -0.39 is 5.97 Å². The molecule has 0 amide bonds. The molecule has 5 nitrogen and oxygen atoms in total. The van der Waals surface area contributed by atoms with Gasteiger partial charge in [0.05, 0.1) is 16.9 Å². The highest BCUT2D eigenvalue weighted by Gasteiger charge is 2.12. The van der Waals surface area contributed by atoms with Gasteiger partial charge in [0.2, 0.25) is 0 Å². The molecule has 0 heterocycles. The van der Waals surface area contributed by atoms with E-state index in [0.717, 1.165) is 0 Å². The SMILES string of the molecule is CCc1c(N=Nc2ccccc2N)cccc1C(=O)O. The second-order valence-electron chi connectivity index (χ2n) is 4.22. The Morgan fingerprint density at radius 2 is 1.75 bits per heavy atom. The Morgan fingerprint density at radius 1 is 1.10 bits per heavy atom. The van der Waals surface area contributed by atoms with Gasteiger partial charge in [0, 0.05) is 0 Å². The van der Waals surface area contributed by atoms with Crippen molar-refractivity contribution in [2.45, 2.75) is 13.3 Å². The summed E-state index contributed by atoms with van der Waals surface area (Å²) >= 11 is 0. The van der Waals surface area contributed by atoms with Crippen LogP contribution in [0.2, 0.25) is 0 Å². The molecule has 0 aromatic heterocycles. The highest BCUT2D eigenvalue weighted by Crippen LogP contribution is 2.28. The summed E-state index contributed by atoms with van der Waals surface area (Å²) in [5, 5.41) is 17.4. The Kier molecular flexibility index (Phi) is 4.10. The topological polar surface area (TPSA) is 88.0 Å². The molecule has 0 fully saturated rings. The van der Waals surface area contributed by atoms with Crippen LogP contribution in [-0.2, 0) is 6.42 Å². The first kappa shape index (κ1) is 13.7. The average Bonchev–Trinajstić information content (AvgIpc) is 2.45. The van der Waals surface area contributed by atoms with Crippen LogP contribution < -0.4 is 5.73 Å². The number of anilines is 1. The molecule has 2 aromatic rings. The van der Waals surface area contributed by atoms with Gasteiger partial charge in [-0.1, -0.05) is 25.1 Å². The maximum absolute atomic E-state index is 11.2. The van der Waals surface area contributed by atoms with E-state index in [1.165, 1.54) is 0 Å². The van der Waals surface area contributed by atoms with E-state index >= 15 is 0 Å². The lowest BCUT2D eigenvalue weighted by atomic mass is 10.0.